The summed E-state index contributed by atoms with van der Waals surface area (Å²) in [5.41, 5.74) is -1.61. The SMILES string of the molecule is OC12CC=CCC1(O)CCC2. The van der Waals surface area contributed by atoms with Gasteiger partial charge in [-0.2, -0.15) is 0 Å². The fourth-order valence-electron chi connectivity index (χ4n) is 2.28. The lowest BCUT2D eigenvalue weighted by atomic mass is 9.77. The molecule has 0 aromatic heterocycles. The van der Waals surface area contributed by atoms with Crippen molar-refractivity contribution in [3.63, 3.8) is 0 Å². The molecule has 0 saturated heterocycles. The molecule has 0 heterocycles. The van der Waals surface area contributed by atoms with Gasteiger partial charge < -0.3 is 10.2 Å². The molecule has 11 heavy (non-hydrogen) atoms. The van der Waals surface area contributed by atoms with Gasteiger partial charge in [0.1, 0.15) is 0 Å². The monoisotopic (exact) mass is 154 g/mol. The van der Waals surface area contributed by atoms with Crippen LogP contribution in [-0.2, 0) is 0 Å². The van der Waals surface area contributed by atoms with Crippen molar-refractivity contribution < 1.29 is 10.2 Å². The molecule has 0 bridgehead atoms. The van der Waals surface area contributed by atoms with Gasteiger partial charge in [0.2, 0.25) is 0 Å². The summed E-state index contributed by atoms with van der Waals surface area (Å²) >= 11 is 0. The molecule has 2 aliphatic carbocycles. The van der Waals surface area contributed by atoms with Gasteiger partial charge in [0.25, 0.3) is 0 Å². The van der Waals surface area contributed by atoms with Crippen LogP contribution in [0, 0.1) is 0 Å². The number of hydrogen-bond donors (Lipinski definition) is 2. The molecular formula is C9H14O2. The largest absolute Gasteiger partial charge is 0.387 e. The molecule has 62 valence electrons. The molecule has 2 atom stereocenters. The molecule has 2 heteroatoms. The lowest BCUT2D eigenvalue weighted by Crippen LogP contribution is -2.50. The van der Waals surface area contributed by atoms with E-state index in [0.29, 0.717) is 12.8 Å². The smallest absolute Gasteiger partial charge is 0.0970 e. The molecule has 1 fully saturated rings. The number of hydrogen-bond acceptors (Lipinski definition) is 2. The molecule has 0 aromatic rings. The Morgan fingerprint density at radius 1 is 0.909 bits per heavy atom. The van der Waals surface area contributed by atoms with Gasteiger partial charge in [0, 0.05) is 0 Å². The van der Waals surface area contributed by atoms with Gasteiger partial charge in [-0.15, -0.1) is 0 Å². The maximum absolute atomic E-state index is 9.97. The molecule has 1 saturated carbocycles. The average molecular weight is 154 g/mol. The van der Waals surface area contributed by atoms with Crippen LogP contribution in [0.15, 0.2) is 12.2 Å². The van der Waals surface area contributed by atoms with E-state index in [2.05, 4.69) is 0 Å². The van der Waals surface area contributed by atoms with E-state index in [9.17, 15) is 10.2 Å². The van der Waals surface area contributed by atoms with Crippen LogP contribution in [0.5, 0.6) is 0 Å². The van der Waals surface area contributed by atoms with Gasteiger partial charge in [-0.1, -0.05) is 12.2 Å². The summed E-state index contributed by atoms with van der Waals surface area (Å²) in [5, 5.41) is 19.9. The molecule has 2 N–H and O–H groups in total. The Morgan fingerprint density at radius 3 is 1.82 bits per heavy atom. The zero-order chi connectivity index (χ0) is 7.95. The molecule has 2 aliphatic rings. The first-order chi connectivity index (χ1) is 5.16. The van der Waals surface area contributed by atoms with Crippen LogP contribution in [0.4, 0.5) is 0 Å². The van der Waals surface area contributed by atoms with Crippen molar-refractivity contribution in [1.29, 1.82) is 0 Å². The van der Waals surface area contributed by atoms with E-state index in [1.54, 1.807) is 0 Å². The van der Waals surface area contributed by atoms with E-state index in [4.69, 9.17) is 0 Å². The summed E-state index contributed by atoms with van der Waals surface area (Å²) in [5.74, 6) is 0. The molecule has 0 amide bonds. The highest BCUT2D eigenvalue weighted by molar-refractivity contribution is 5.15. The van der Waals surface area contributed by atoms with Crippen LogP contribution < -0.4 is 0 Å². The highest BCUT2D eigenvalue weighted by Gasteiger charge is 2.52. The molecule has 0 radical (unpaired) electrons. The highest BCUT2D eigenvalue weighted by atomic mass is 16.4. The summed E-state index contributed by atoms with van der Waals surface area (Å²) in [4.78, 5) is 0. The van der Waals surface area contributed by atoms with E-state index in [0.717, 1.165) is 19.3 Å². The number of rotatable bonds is 0. The van der Waals surface area contributed by atoms with E-state index >= 15 is 0 Å². The van der Waals surface area contributed by atoms with Crippen LogP contribution >= 0.6 is 0 Å². The molecule has 0 aliphatic heterocycles. The Hall–Kier alpha value is -0.340. The van der Waals surface area contributed by atoms with Crippen molar-refractivity contribution in [1.82, 2.24) is 0 Å². The van der Waals surface area contributed by atoms with Crippen LogP contribution in [0.2, 0.25) is 0 Å². The maximum atomic E-state index is 9.97. The van der Waals surface area contributed by atoms with E-state index in [1.807, 2.05) is 12.2 Å². The first kappa shape index (κ1) is 7.32. The molecule has 0 aromatic carbocycles. The van der Waals surface area contributed by atoms with E-state index < -0.39 is 11.2 Å². The van der Waals surface area contributed by atoms with Crippen LogP contribution in [-0.4, -0.2) is 21.4 Å². The van der Waals surface area contributed by atoms with Gasteiger partial charge in [-0.3, -0.25) is 0 Å². The number of fused-ring (bicyclic) bond motifs is 1. The number of aliphatic hydroxyl groups is 2. The van der Waals surface area contributed by atoms with E-state index in [1.165, 1.54) is 0 Å². The second-order valence-electron chi connectivity index (χ2n) is 3.80. The minimum absolute atomic E-state index is 0.628. The third-order valence-corrected chi connectivity index (χ3v) is 3.12. The van der Waals surface area contributed by atoms with Crippen molar-refractivity contribution in [2.45, 2.75) is 43.3 Å². The van der Waals surface area contributed by atoms with Crippen LogP contribution in [0.25, 0.3) is 0 Å². The fraction of sp³-hybridized carbons (Fsp3) is 0.778. The standard InChI is InChI=1S/C9H14O2/c10-8-4-1-2-5-9(8,11)7-3-6-8/h1-2,10-11H,3-7H2. The Morgan fingerprint density at radius 2 is 1.36 bits per heavy atom. The topological polar surface area (TPSA) is 40.5 Å². The zero-order valence-corrected chi connectivity index (χ0v) is 6.58. The summed E-state index contributed by atoms with van der Waals surface area (Å²) in [6.45, 7) is 0. The minimum atomic E-state index is -0.804. The van der Waals surface area contributed by atoms with Crippen molar-refractivity contribution >= 4 is 0 Å². The third-order valence-electron chi connectivity index (χ3n) is 3.12. The zero-order valence-electron chi connectivity index (χ0n) is 6.58. The Labute approximate surface area is 66.5 Å². The highest BCUT2D eigenvalue weighted by Crippen LogP contribution is 2.46. The summed E-state index contributed by atoms with van der Waals surface area (Å²) in [6, 6.07) is 0. The molecule has 2 unspecified atom stereocenters. The predicted molar refractivity (Wildman–Crippen MR) is 42.1 cm³/mol. The second-order valence-corrected chi connectivity index (χ2v) is 3.80. The third kappa shape index (κ3) is 0.861. The van der Waals surface area contributed by atoms with E-state index in [-0.39, 0.29) is 0 Å². The Balaban J connectivity index is 2.32. The van der Waals surface area contributed by atoms with Gasteiger partial charge in [-0.05, 0) is 32.1 Å². The normalized spacial score (nSPS) is 49.3. The summed E-state index contributed by atoms with van der Waals surface area (Å²) < 4.78 is 0. The molecular weight excluding hydrogens is 140 g/mol. The Kier molecular flexibility index (Phi) is 1.38. The van der Waals surface area contributed by atoms with Crippen molar-refractivity contribution in [2.24, 2.45) is 0 Å². The van der Waals surface area contributed by atoms with Gasteiger partial charge in [-0.25, -0.2) is 0 Å². The molecule has 2 rings (SSSR count). The van der Waals surface area contributed by atoms with Crippen LogP contribution in [0.1, 0.15) is 32.1 Å². The van der Waals surface area contributed by atoms with Gasteiger partial charge >= 0.3 is 0 Å². The first-order valence-corrected chi connectivity index (χ1v) is 4.26. The average Bonchev–Trinajstić information content (AvgIpc) is 2.25. The second kappa shape index (κ2) is 2.08. The first-order valence-electron chi connectivity index (χ1n) is 4.26. The minimum Gasteiger partial charge on any atom is -0.387 e. The Bertz CT molecular complexity index is 180. The molecule has 2 nitrogen and oxygen atoms in total. The van der Waals surface area contributed by atoms with Crippen LogP contribution in [0.3, 0.4) is 0 Å². The lowest BCUT2D eigenvalue weighted by Gasteiger charge is -2.39. The molecule has 0 spiro atoms. The lowest BCUT2D eigenvalue weighted by molar-refractivity contribution is -0.130. The van der Waals surface area contributed by atoms with Crippen molar-refractivity contribution in [3.8, 4) is 0 Å². The van der Waals surface area contributed by atoms with Crippen molar-refractivity contribution in [2.75, 3.05) is 0 Å². The quantitative estimate of drug-likeness (QED) is 0.511. The van der Waals surface area contributed by atoms with Gasteiger partial charge in [0.15, 0.2) is 0 Å². The summed E-state index contributed by atoms with van der Waals surface area (Å²) in [6.07, 6.45) is 7.67. The fourth-order valence-corrected chi connectivity index (χ4v) is 2.28. The summed E-state index contributed by atoms with van der Waals surface area (Å²) in [7, 11) is 0. The van der Waals surface area contributed by atoms with Gasteiger partial charge in [0.05, 0.1) is 11.2 Å². The van der Waals surface area contributed by atoms with Crippen molar-refractivity contribution in [3.05, 3.63) is 12.2 Å². The maximum Gasteiger partial charge on any atom is 0.0970 e. The predicted octanol–water partition coefficient (Wildman–Crippen LogP) is 0.982.